The van der Waals surface area contributed by atoms with Gasteiger partial charge in [0.15, 0.2) is 0 Å². The van der Waals surface area contributed by atoms with E-state index in [9.17, 15) is 0 Å². The molecule has 0 bridgehead atoms. The molecule has 2 heterocycles. The lowest BCUT2D eigenvalue weighted by atomic mass is 10.4. The van der Waals surface area contributed by atoms with E-state index in [1.807, 2.05) is 0 Å². The topological polar surface area (TPSA) is 3.24 Å². The van der Waals surface area contributed by atoms with Gasteiger partial charge in [0.2, 0.25) is 0 Å². The molecule has 0 saturated carbocycles. The van der Waals surface area contributed by atoms with Gasteiger partial charge in [-0.3, -0.25) is 4.90 Å². The fourth-order valence-electron chi connectivity index (χ4n) is 1.46. The Bertz CT molecular complexity index is 422. The zero-order chi connectivity index (χ0) is 11.5. The molecule has 0 aromatic carbocycles. The maximum atomic E-state index is 3.49. The van der Waals surface area contributed by atoms with Crippen LogP contribution in [0.15, 0.2) is 31.8 Å². The van der Waals surface area contributed by atoms with Gasteiger partial charge in [-0.2, -0.15) is 0 Å². The lowest BCUT2D eigenvalue weighted by molar-refractivity contribution is 0.325. The summed E-state index contributed by atoms with van der Waals surface area (Å²) in [5.74, 6) is 0. The molecule has 86 valence electrons. The van der Waals surface area contributed by atoms with Crippen molar-refractivity contribution in [2.24, 2.45) is 0 Å². The predicted octanol–water partition coefficient (Wildman–Crippen LogP) is 4.97. The van der Waals surface area contributed by atoms with E-state index in [2.05, 4.69) is 68.1 Å². The zero-order valence-corrected chi connectivity index (χ0v) is 13.5. The second kappa shape index (κ2) is 5.78. The van der Waals surface area contributed by atoms with Crippen molar-refractivity contribution in [1.82, 2.24) is 4.90 Å². The number of hydrogen-bond donors (Lipinski definition) is 0. The molecule has 0 aliphatic rings. The van der Waals surface area contributed by atoms with Crippen LogP contribution in [-0.4, -0.2) is 11.9 Å². The second-order valence-electron chi connectivity index (χ2n) is 3.58. The third kappa shape index (κ3) is 3.67. The molecule has 1 nitrogen and oxygen atoms in total. The summed E-state index contributed by atoms with van der Waals surface area (Å²) in [5.41, 5.74) is 0. The van der Waals surface area contributed by atoms with Crippen LogP contribution >= 0.6 is 54.5 Å². The Hall–Kier alpha value is 0.320. The van der Waals surface area contributed by atoms with Crippen LogP contribution in [-0.2, 0) is 13.1 Å². The molecule has 0 amide bonds. The van der Waals surface area contributed by atoms with Gasteiger partial charge in [-0.15, -0.1) is 22.7 Å². The molecule has 2 rings (SSSR count). The maximum Gasteiger partial charge on any atom is 0.0701 e. The highest BCUT2D eigenvalue weighted by atomic mass is 79.9. The summed E-state index contributed by atoms with van der Waals surface area (Å²) in [7, 11) is 2.15. The molecule has 0 fully saturated rings. The third-order valence-electron chi connectivity index (χ3n) is 2.11. The molecule has 0 N–H and O–H groups in total. The lowest BCUT2D eigenvalue weighted by Gasteiger charge is -2.13. The van der Waals surface area contributed by atoms with Gasteiger partial charge in [0.25, 0.3) is 0 Å². The van der Waals surface area contributed by atoms with Crippen molar-refractivity contribution >= 4 is 54.5 Å². The van der Waals surface area contributed by atoms with E-state index in [0.29, 0.717) is 0 Å². The van der Waals surface area contributed by atoms with E-state index >= 15 is 0 Å². The molecule has 0 aliphatic carbocycles. The zero-order valence-electron chi connectivity index (χ0n) is 8.74. The van der Waals surface area contributed by atoms with Crippen LogP contribution < -0.4 is 0 Å². The van der Waals surface area contributed by atoms with Gasteiger partial charge in [0.05, 0.1) is 7.57 Å². The summed E-state index contributed by atoms with van der Waals surface area (Å²) in [6.07, 6.45) is 0. The highest BCUT2D eigenvalue weighted by Crippen LogP contribution is 2.25. The quantitative estimate of drug-likeness (QED) is 0.723. The SMILES string of the molecule is CN(Cc1ccc(Br)s1)Cc1ccc(Br)s1. The van der Waals surface area contributed by atoms with E-state index < -0.39 is 0 Å². The van der Waals surface area contributed by atoms with E-state index in [1.54, 1.807) is 22.7 Å². The summed E-state index contributed by atoms with van der Waals surface area (Å²) in [5, 5.41) is 0. The van der Waals surface area contributed by atoms with Crippen molar-refractivity contribution in [2.45, 2.75) is 13.1 Å². The minimum Gasteiger partial charge on any atom is -0.296 e. The van der Waals surface area contributed by atoms with Gasteiger partial charge in [-0.1, -0.05) is 0 Å². The van der Waals surface area contributed by atoms with Gasteiger partial charge in [0.1, 0.15) is 0 Å². The van der Waals surface area contributed by atoms with E-state index in [-0.39, 0.29) is 0 Å². The van der Waals surface area contributed by atoms with Crippen LogP contribution in [0.2, 0.25) is 0 Å². The summed E-state index contributed by atoms with van der Waals surface area (Å²) in [4.78, 5) is 5.12. The molecule has 0 atom stereocenters. The van der Waals surface area contributed by atoms with Gasteiger partial charge in [-0.05, 0) is 63.2 Å². The minimum absolute atomic E-state index is 1.01. The Morgan fingerprint density at radius 1 is 0.938 bits per heavy atom. The predicted molar refractivity (Wildman–Crippen MR) is 79.2 cm³/mol. The van der Waals surface area contributed by atoms with Crippen LogP contribution in [0.3, 0.4) is 0 Å². The van der Waals surface area contributed by atoms with Gasteiger partial charge in [-0.25, -0.2) is 0 Å². The first-order chi connectivity index (χ1) is 7.63. The molecule has 2 aromatic heterocycles. The number of thiophene rings is 2. The molecule has 2 aromatic rings. The fraction of sp³-hybridized carbons (Fsp3) is 0.273. The maximum absolute atomic E-state index is 3.49. The Morgan fingerprint density at radius 2 is 1.38 bits per heavy atom. The lowest BCUT2D eigenvalue weighted by Crippen LogP contribution is -2.15. The average Bonchev–Trinajstić information content (AvgIpc) is 2.76. The van der Waals surface area contributed by atoms with Crippen molar-refractivity contribution in [3.63, 3.8) is 0 Å². The Balaban J connectivity index is 1.91. The summed E-state index contributed by atoms with van der Waals surface area (Å²) in [6.45, 7) is 2.01. The molecule has 0 spiro atoms. The van der Waals surface area contributed by atoms with Crippen molar-refractivity contribution in [1.29, 1.82) is 0 Å². The van der Waals surface area contributed by atoms with E-state index in [1.165, 1.54) is 17.3 Å². The van der Waals surface area contributed by atoms with E-state index in [4.69, 9.17) is 0 Å². The van der Waals surface area contributed by atoms with Gasteiger partial charge < -0.3 is 0 Å². The first-order valence-electron chi connectivity index (χ1n) is 4.80. The number of hydrogen-bond acceptors (Lipinski definition) is 3. The Morgan fingerprint density at radius 3 is 1.69 bits per heavy atom. The van der Waals surface area contributed by atoms with Crippen molar-refractivity contribution < 1.29 is 0 Å². The van der Waals surface area contributed by atoms with Crippen LogP contribution in [0.25, 0.3) is 0 Å². The summed E-state index contributed by atoms with van der Waals surface area (Å²) >= 11 is 10.6. The van der Waals surface area contributed by atoms with Crippen LogP contribution in [0.1, 0.15) is 9.75 Å². The standard InChI is InChI=1S/C11H11Br2NS2/c1-14(6-8-2-4-10(12)15-8)7-9-3-5-11(13)16-9/h2-5H,6-7H2,1H3. The average molecular weight is 381 g/mol. The van der Waals surface area contributed by atoms with E-state index in [0.717, 1.165) is 13.1 Å². The summed E-state index contributed by atoms with van der Waals surface area (Å²) in [6, 6.07) is 8.57. The van der Waals surface area contributed by atoms with Gasteiger partial charge >= 0.3 is 0 Å². The van der Waals surface area contributed by atoms with Crippen LogP contribution in [0.5, 0.6) is 0 Å². The molecule has 0 radical (unpaired) electrons. The summed E-state index contributed by atoms with van der Waals surface area (Å²) < 4.78 is 2.41. The first-order valence-corrected chi connectivity index (χ1v) is 8.02. The Kier molecular flexibility index (Phi) is 4.61. The van der Waals surface area contributed by atoms with Crippen molar-refractivity contribution in [2.75, 3.05) is 7.05 Å². The third-order valence-corrected chi connectivity index (χ3v) is 5.33. The molecule has 16 heavy (non-hydrogen) atoms. The largest absolute Gasteiger partial charge is 0.296 e. The number of rotatable bonds is 4. The van der Waals surface area contributed by atoms with Crippen LogP contribution in [0, 0.1) is 0 Å². The van der Waals surface area contributed by atoms with Crippen molar-refractivity contribution in [3.05, 3.63) is 41.6 Å². The molecular formula is C11H11Br2NS2. The normalized spacial score (nSPS) is 11.2. The fourth-order valence-corrected chi connectivity index (χ4v) is 4.59. The second-order valence-corrected chi connectivity index (χ2v) is 8.68. The van der Waals surface area contributed by atoms with Crippen molar-refractivity contribution in [3.8, 4) is 0 Å². The van der Waals surface area contributed by atoms with Gasteiger partial charge in [0, 0.05) is 22.8 Å². The Labute approximate surface area is 120 Å². The highest BCUT2D eigenvalue weighted by molar-refractivity contribution is 9.11. The van der Waals surface area contributed by atoms with Crippen LogP contribution in [0.4, 0.5) is 0 Å². The smallest absolute Gasteiger partial charge is 0.0701 e. The molecule has 0 aliphatic heterocycles. The first kappa shape index (κ1) is 12.8. The monoisotopic (exact) mass is 379 g/mol. The number of nitrogens with zero attached hydrogens (tertiary/aromatic N) is 1. The molecular weight excluding hydrogens is 370 g/mol. The molecule has 5 heteroatoms. The number of halogens is 2. The molecule has 0 unspecified atom stereocenters. The minimum atomic E-state index is 1.01. The highest BCUT2D eigenvalue weighted by Gasteiger charge is 2.05. The molecule has 0 saturated heterocycles.